The SMILES string of the molecule is CCCCCCCCCCN(CCc1ccc(OCCCCCCCCCC(F)F)c(OC)c1)CC1CC1.O=C(O)c1nc(-c2cc3ccccc3[nH]2)sc1-c1ccc(S)c(S)c1. The molecule has 0 radical (unpaired) electrons. The Morgan fingerprint density at radius 3 is 2.21 bits per heavy atom. The number of hydrogen-bond acceptors (Lipinski definition) is 8. The van der Waals surface area contributed by atoms with E-state index in [-0.39, 0.29) is 12.1 Å². The molecule has 63 heavy (non-hydrogen) atoms. The Kier molecular flexibility index (Phi) is 22.2. The molecule has 0 amide bonds. The number of halogens is 2. The van der Waals surface area contributed by atoms with Crippen molar-refractivity contribution < 1.29 is 28.2 Å². The number of para-hydroxylation sites is 1. The summed E-state index contributed by atoms with van der Waals surface area (Å²) in [5.41, 5.74) is 3.91. The van der Waals surface area contributed by atoms with Gasteiger partial charge in [-0.25, -0.2) is 18.6 Å². The van der Waals surface area contributed by atoms with Gasteiger partial charge in [0.05, 0.1) is 24.3 Å². The summed E-state index contributed by atoms with van der Waals surface area (Å²) in [5.74, 6) is 1.54. The van der Waals surface area contributed by atoms with Crippen molar-refractivity contribution in [1.82, 2.24) is 14.9 Å². The fourth-order valence-corrected chi connectivity index (χ4v) is 9.18. The van der Waals surface area contributed by atoms with Crippen LogP contribution in [0.15, 0.2) is 76.5 Å². The van der Waals surface area contributed by atoms with Gasteiger partial charge in [-0.05, 0) is 98.5 Å². The van der Waals surface area contributed by atoms with E-state index in [1.165, 1.54) is 94.2 Å². The van der Waals surface area contributed by atoms with Crippen LogP contribution in [0, 0.1) is 5.92 Å². The Morgan fingerprint density at radius 1 is 0.841 bits per heavy atom. The number of aromatic carboxylic acids is 1. The summed E-state index contributed by atoms with van der Waals surface area (Å²) in [6.45, 7) is 6.60. The number of carboxylic acid groups (broad SMARTS) is 1. The number of ether oxygens (including phenoxy) is 2. The smallest absolute Gasteiger partial charge is 0.356 e. The molecule has 0 aliphatic heterocycles. The standard InChI is InChI=1S/C33H57F2NO2.C18H12N2O2S3/c1-3-4-5-6-7-10-13-16-24-36(28-30-19-20-30)25-23-29-21-22-31(32(27-29)37-2)38-26-17-14-11-8-9-12-15-18-33(34)35;21-18(22)15-16(10-5-6-13(23)14(24)8-10)25-17(20-15)12-7-9-3-1-2-4-11(9)19-12/h21-22,27,30,33H,3-20,23-26,28H2,1-2H3;1-8,19,23-24H,(H,21,22). The highest BCUT2D eigenvalue weighted by molar-refractivity contribution is 7.83. The molecule has 3 aromatic carbocycles. The van der Waals surface area contributed by atoms with Crippen LogP contribution >= 0.6 is 36.6 Å². The second-order valence-electron chi connectivity index (χ2n) is 16.9. The summed E-state index contributed by atoms with van der Waals surface area (Å²) in [6.07, 6.45) is 19.8. The summed E-state index contributed by atoms with van der Waals surface area (Å²) in [7, 11) is 1.72. The number of thiazole rings is 1. The molecule has 1 aliphatic rings. The minimum atomic E-state index is -2.15. The third-order valence-electron chi connectivity index (χ3n) is 11.6. The number of methoxy groups -OCH3 is 1. The van der Waals surface area contributed by atoms with Gasteiger partial charge >= 0.3 is 5.97 Å². The summed E-state index contributed by atoms with van der Waals surface area (Å²) in [6, 6.07) is 21.7. The van der Waals surface area contributed by atoms with Crippen molar-refractivity contribution in [3.05, 3.63) is 78.0 Å². The number of benzene rings is 3. The summed E-state index contributed by atoms with van der Waals surface area (Å²) in [4.78, 5) is 24.0. The van der Waals surface area contributed by atoms with Gasteiger partial charge in [-0.15, -0.1) is 36.6 Å². The highest BCUT2D eigenvalue weighted by atomic mass is 32.1. The number of fused-ring (bicyclic) bond motifs is 1. The number of nitrogens with zero attached hydrogens (tertiary/aromatic N) is 2. The van der Waals surface area contributed by atoms with E-state index in [4.69, 9.17) is 9.47 Å². The Balaban J connectivity index is 0.000000256. The lowest BCUT2D eigenvalue weighted by Crippen LogP contribution is -2.29. The molecule has 6 rings (SSSR count). The van der Waals surface area contributed by atoms with Gasteiger partial charge in [0.25, 0.3) is 0 Å². The fourth-order valence-electron chi connectivity index (χ4n) is 7.80. The zero-order chi connectivity index (χ0) is 44.8. The molecular formula is C51H69F2N3O4S3. The molecule has 0 bridgehead atoms. The summed E-state index contributed by atoms with van der Waals surface area (Å²) < 4.78 is 36.0. The molecule has 2 heterocycles. The van der Waals surface area contributed by atoms with Crippen LogP contribution in [0.4, 0.5) is 8.78 Å². The first-order valence-electron chi connectivity index (χ1n) is 23.3. The number of rotatable bonds is 29. The minimum Gasteiger partial charge on any atom is -0.493 e. The molecule has 344 valence electrons. The van der Waals surface area contributed by atoms with Gasteiger partial charge in [0, 0.05) is 40.2 Å². The molecule has 5 aromatic rings. The highest BCUT2D eigenvalue weighted by Crippen LogP contribution is 2.38. The van der Waals surface area contributed by atoms with Crippen molar-refractivity contribution >= 4 is 53.5 Å². The van der Waals surface area contributed by atoms with E-state index in [1.54, 1.807) is 19.2 Å². The monoisotopic (exact) mass is 921 g/mol. The van der Waals surface area contributed by atoms with Gasteiger partial charge < -0.3 is 24.5 Å². The van der Waals surface area contributed by atoms with E-state index in [0.29, 0.717) is 27.8 Å². The quantitative estimate of drug-likeness (QED) is 0.0282. The molecule has 7 nitrogen and oxygen atoms in total. The number of H-pyrrole nitrogens is 1. The first-order chi connectivity index (χ1) is 30.6. The average molecular weight is 922 g/mol. The van der Waals surface area contributed by atoms with Crippen LogP contribution in [-0.2, 0) is 6.42 Å². The number of aromatic nitrogens is 2. The van der Waals surface area contributed by atoms with E-state index >= 15 is 0 Å². The second kappa shape index (κ2) is 27.7. The number of nitrogens with one attached hydrogen (secondary N) is 1. The number of hydrogen-bond donors (Lipinski definition) is 4. The first-order valence-corrected chi connectivity index (χ1v) is 25.0. The van der Waals surface area contributed by atoms with E-state index in [9.17, 15) is 18.7 Å². The highest BCUT2D eigenvalue weighted by Gasteiger charge is 2.24. The molecule has 0 atom stereocenters. The van der Waals surface area contributed by atoms with Crippen molar-refractivity contribution in [2.45, 2.75) is 145 Å². The lowest BCUT2D eigenvalue weighted by Gasteiger charge is -2.22. The maximum absolute atomic E-state index is 12.2. The largest absolute Gasteiger partial charge is 0.493 e. The number of carbonyl (C=O) groups is 1. The Hall–Kier alpha value is -3.58. The third kappa shape index (κ3) is 17.7. The van der Waals surface area contributed by atoms with Gasteiger partial charge in [0.15, 0.2) is 17.2 Å². The van der Waals surface area contributed by atoms with Crippen LogP contribution in [0.25, 0.3) is 32.0 Å². The van der Waals surface area contributed by atoms with Crippen LogP contribution in [0.2, 0.25) is 0 Å². The van der Waals surface area contributed by atoms with Crippen molar-refractivity contribution in [2.75, 3.05) is 33.4 Å². The van der Waals surface area contributed by atoms with Gasteiger partial charge in [0.2, 0.25) is 6.43 Å². The zero-order valence-electron chi connectivity index (χ0n) is 37.4. The molecule has 1 saturated carbocycles. The predicted octanol–water partition coefficient (Wildman–Crippen LogP) is 15.1. The van der Waals surface area contributed by atoms with Gasteiger partial charge in [-0.3, -0.25) is 0 Å². The molecule has 1 aliphatic carbocycles. The number of aromatic amines is 1. The van der Waals surface area contributed by atoms with E-state index in [1.807, 2.05) is 36.4 Å². The molecule has 0 saturated heterocycles. The van der Waals surface area contributed by atoms with Crippen LogP contribution in [0.1, 0.15) is 139 Å². The topological polar surface area (TPSA) is 87.7 Å². The molecule has 1 fully saturated rings. The Morgan fingerprint density at radius 2 is 1.54 bits per heavy atom. The van der Waals surface area contributed by atoms with Crippen molar-refractivity contribution in [1.29, 1.82) is 0 Å². The van der Waals surface area contributed by atoms with Gasteiger partial charge in [-0.2, -0.15) is 0 Å². The lowest BCUT2D eigenvalue weighted by atomic mass is 10.1. The molecular weight excluding hydrogens is 853 g/mol. The van der Waals surface area contributed by atoms with E-state index in [2.05, 4.69) is 65.2 Å². The van der Waals surface area contributed by atoms with Gasteiger partial charge in [-0.1, -0.05) is 114 Å². The molecule has 12 heteroatoms. The van der Waals surface area contributed by atoms with Gasteiger partial charge in [0.1, 0.15) is 5.01 Å². The average Bonchev–Trinajstić information content (AvgIpc) is 3.80. The van der Waals surface area contributed by atoms with E-state index in [0.717, 1.165) is 96.0 Å². The lowest BCUT2D eigenvalue weighted by molar-refractivity contribution is 0.0692. The molecule has 0 spiro atoms. The Bertz CT molecular complexity index is 2070. The van der Waals surface area contributed by atoms with Crippen LogP contribution in [0.5, 0.6) is 11.5 Å². The van der Waals surface area contributed by atoms with E-state index < -0.39 is 12.4 Å². The number of thiol groups is 2. The predicted molar refractivity (Wildman–Crippen MR) is 263 cm³/mol. The normalized spacial score (nSPS) is 12.6. The second-order valence-corrected chi connectivity index (χ2v) is 18.9. The number of alkyl halides is 2. The van der Waals surface area contributed by atoms with Crippen molar-refractivity contribution in [3.63, 3.8) is 0 Å². The zero-order valence-corrected chi connectivity index (χ0v) is 40.0. The summed E-state index contributed by atoms with van der Waals surface area (Å²) in [5, 5.41) is 11.2. The number of carboxylic acids is 1. The minimum absolute atomic E-state index is 0.0401. The fraction of sp³-hybridized carbons (Fsp3) is 0.529. The first kappa shape index (κ1) is 50.4. The van der Waals surface area contributed by atoms with Crippen molar-refractivity contribution in [3.8, 4) is 32.6 Å². The van der Waals surface area contributed by atoms with Crippen LogP contribution in [0.3, 0.4) is 0 Å². The van der Waals surface area contributed by atoms with Crippen LogP contribution in [-0.4, -0.2) is 65.7 Å². The molecule has 0 unspecified atom stereocenters. The molecule has 2 aromatic heterocycles. The van der Waals surface area contributed by atoms with Crippen molar-refractivity contribution in [2.24, 2.45) is 5.92 Å². The Labute approximate surface area is 389 Å². The number of unbranched alkanes of at least 4 members (excludes halogenated alkanes) is 13. The third-order valence-corrected chi connectivity index (χ3v) is 13.7. The maximum Gasteiger partial charge on any atom is 0.356 e. The maximum atomic E-state index is 12.2. The molecule has 2 N–H and O–H groups in total. The van der Waals surface area contributed by atoms with Crippen LogP contribution < -0.4 is 9.47 Å². The summed E-state index contributed by atoms with van der Waals surface area (Å²) >= 11 is 10.0.